The Morgan fingerprint density at radius 1 is 1.02 bits per heavy atom. The van der Waals surface area contributed by atoms with E-state index in [1.54, 1.807) is 13.2 Å². The molecule has 1 spiro atoms. The summed E-state index contributed by atoms with van der Waals surface area (Å²) < 4.78 is 13.0. The topological polar surface area (TPSA) is 62.2 Å². The van der Waals surface area contributed by atoms with Crippen molar-refractivity contribution in [3.05, 3.63) is 65.7 Å². The van der Waals surface area contributed by atoms with Crippen LogP contribution in [0.4, 0.5) is 0 Å². The van der Waals surface area contributed by atoms with Gasteiger partial charge in [0.25, 0.3) is 0 Å². The van der Waals surface area contributed by atoms with E-state index >= 15 is 0 Å². The summed E-state index contributed by atoms with van der Waals surface area (Å²) in [5, 5.41) is 11.4. The van der Waals surface area contributed by atoms with Crippen molar-refractivity contribution < 1.29 is 19.4 Å². The minimum Gasteiger partial charge on any atom is -0.508 e. The first-order valence-corrected chi connectivity index (χ1v) is 20.3. The highest BCUT2D eigenvalue weighted by Crippen LogP contribution is 2.65. The second-order valence-electron chi connectivity index (χ2n) is 16.3. The number of piperidine rings is 1. The largest absolute Gasteiger partial charge is 0.508 e. The molecule has 2 aliphatic heterocycles. The third-order valence-corrected chi connectivity index (χ3v) is 13.4. The molecule has 2 aromatic rings. The van der Waals surface area contributed by atoms with Crippen LogP contribution in [0.1, 0.15) is 126 Å². The minimum absolute atomic E-state index is 0.0494. The number of benzene rings is 2. The Bertz CT molecular complexity index is 1450. The molecule has 1 N–H and O–H groups in total. The Kier molecular flexibility index (Phi) is 11.4. The van der Waals surface area contributed by atoms with Gasteiger partial charge in [0.05, 0.1) is 13.2 Å². The highest BCUT2D eigenvalue weighted by Gasteiger charge is 2.67. The maximum absolute atomic E-state index is 14.4. The number of unbranched alkanes of at least 4 members (excludes halogenated alkanes) is 7. The van der Waals surface area contributed by atoms with Crippen LogP contribution in [0.2, 0.25) is 0 Å². The molecule has 2 bridgehead atoms. The first kappa shape index (κ1) is 35.4. The molecule has 50 heavy (non-hydrogen) atoms. The van der Waals surface area contributed by atoms with Gasteiger partial charge in [-0.25, -0.2) is 0 Å². The summed E-state index contributed by atoms with van der Waals surface area (Å²) in [5.74, 6) is 3.15. The molecule has 1 amide bonds. The van der Waals surface area contributed by atoms with E-state index in [4.69, 9.17) is 9.47 Å². The van der Waals surface area contributed by atoms with Crippen molar-refractivity contribution in [2.75, 3.05) is 26.7 Å². The standard InChI is InChI=1S/C44H62N2O4/c1-3-27-45-28-26-44-35-24-25-36(43(44)50-42-39(49-2)30-38(47)34(41(42)44)29-37(35)45)46(31-33-21-15-11-16-22-33)40(48)23-17-9-7-5-4-6-8-12-18-32-19-13-10-14-20-32/h3,10,13-14,19-20,30,33,35-37,43,47H,1,4-9,11-12,15-18,21-29,31H2,2H3/t35-,36-,37+,43-,44-/m0/s1. The number of aromatic hydroxyl groups is 1. The summed E-state index contributed by atoms with van der Waals surface area (Å²) >= 11 is 0. The number of phenolic OH excluding ortho intramolecular Hbond substituents is 1. The van der Waals surface area contributed by atoms with E-state index in [1.165, 1.54) is 88.2 Å². The number of ether oxygens (including phenoxy) is 2. The number of hydrogen-bond donors (Lipinski definition) is 1. The maximum Gasteiger partial charge on any atom is 0.222 e. The summed E-state index contributed by atoms with van der Waals surface area (Å²) in [6, 6.07) is 13.0. The second-order valence-corrected chi connectivity index (χ2v) is 16.3. The molecule has 5 atom stereocenters. The molecule has 2 saturated carbocycles. The van der Waals surface area contributed by atoms with E-state index in [0.29, 0.717) is 41.7 Å². The molecule has 272 valence electrons. The predicted molar refractivity (Wildman–Crippen MR) is 201 cm³/mol. The lowest BCUT2D eigenvalue weighted by molar-refractivity contribution is -0.144. The first-order chi connectivity index (χ1) is 24.5. The van der Waals surface area contributed by atoms with Gasteiger partial charge in [-0.2, -0.15) is 0 Å². The molecule has 0 radical (unpaired) electrons. The molecule has 1 saturated heterocycles. The van der Waals surface area contributed by atoms with Crippen LogP contribution >= 0.6 is 0 Å². The first-order valence-electron chi connectivity index (χ1n) is 20.3. The Hall–Kier alpha value is -2.99. The Balaban J connectivity index is 1.02. The number of carbonyl (C=O) groups excluding carboxylic acids is 1. The van der Waals surface area contributed by atoms with E-state index in [0.717, 1.165) is 69.5 Å². The quantitative estimate of drug-likeness (QED) is 0.133. The molecule has 0 unspecified atom stereocenters. The van der Waals surface area contributed by atoms with Gasteiger partial charge in [-0.1, -0.05) is 94.2 Å². The van der Waals surface area contributed by atoms with E-state index in [1.807, 2.05) is 6.08 Å². The summed E-state index contributed by atoms with van der Waals surface area (Å²) in [4.78, 5) is 19.3. The third kappa shape index (κ3) is 6.95. The maximum atomic E-state index is 14.4. The zero-order valence-electron chi connectivity index (χ0n) is 30.8. The third-order valence-electron chi connectivity index (χ3n) is 13.4. The van der Waals surface area contributed by atoms with Gasteiger partial charge < -0.3 is 19.5 Å². The van der Waals surface area contributed by atoms with Crippen LogP contribution in [-0.2, 0) is 23.1 Å². The van der Waals surface area contributed by atoms with Gasteiger partial charge in [-0.15, -0.1) is 6.58 Å². The van der Waals surface area contributed by atoms with Crippen LogP contribution in [0.15, 0.2) is 49.1 Å². The van der Waals surface area contributed by atoms with Crippen LogP contribution in [0.3, 0.4) is 0 Å². The average molecular weight is 683 g/mol. The lowest BCUT2D eigenvalue weighted by atomic mass is 9.50. The van der Waals surface area contributed by atoms with Crippen LogP contribution in [0.25, 0.3) is 0 Å². The normalized spacial score (nSPS) is 27.0. The van der Waals surface area contributed by atoms with Gasteiger partial charge in [0.15, 0.2) is 11.5 Å². The van der Waals surface area contributed by atoms with Crippen LogP contribution < -0.4 is 9.47 Å². The molecule has 2 heterocycles. The van der Waals surface area contributed by atoms with Gasteiger partial charge in [-0.3, -0.25) is 9.69 Å². The number of amides is 1. The number of likely N-dealkylation sites (tertiary alicyclic amines) is 1. The highest BCUT2D eigenvalue weighted by atomic mass is 16.5. The molecule has 6 heteroatoms. The molecular weight excluding hydrogens is 620 g/mol. The van der Waals surface area contributed by atoms with Crippen molar-refractivity contribution in [2.24, 2.45) is 11.8 Å². The number of rotatable bonds is 17. The summed E-state index contributed by atoms with van der Waals surface area (Å²) in [5.41, 5.74) is 3.49. The molecular formula is C44H62N2O4. The van der Waals surface area contributed by atoms with Gasteiger partial charge in [0.2, 0.25) is 5.91 Å². The monoisotopic (exact) mass is 682 g/mol. The highest BCUT2D eigenvalue weighted by molar-refractivity contribution is 5.77. The molecule has 6 nitrogen and oxygen atoms in total. The molecule has 3 aliphatic carbocycles. The van der Waals surface area contributed by atoms with Gasteiger partial charge >= 0.3 is 0 Å². The van der Waals surface area contributed by atoms with Crippen molar-refractivity contribution in [2.45, 2.75) is 146 Å². The van der Waals surface area contributed by atoms with Crippen molar-refractivity contribution in [1.82, 2.24) is 9.80 Å². The van der Waals surface area contributed by atoms with Crippen molar-refractivity contribution >= 4 is 5.91 Å². The zero-order valence-corrected chi connectivity index (χ0v) is 30.8. The number of aryl methyl sites for hydroxylation is 1. The predicted octanol–water partition coefficient (Wildman–Crippen LogP) is 9.16. The molecule has 5 aliphatic rings. The van der Waals surface area contributed by atoms with Crippen molar-refractivity contribution in [1.29, 1.82) is 0 Å². The SMILES string of the molecule is C=CCN1CC[C@]23c4c5c(O)cc(OC)c4O[C@H]2[C@@H](N(CC2CCCCC2)C(=O)CCCCCCCCCCc2ccccc2)CC[C@H]3[C@H]1C5. The lowest BCUT2D eigenvalue weighted by Gasteiger charge is -2.60. The fraction of sp³-hybridized carbons (Fsp3) is 0.659. The summed E-state index contributed by atoms with van der Waals surface area (Å²) in [6.07, 6.45) is 23.8. The number of carbonyl (C=O) groups is 1. The van der Waals surface area contributed by atoms with Gasteiger partial charge in [-0.05, 0) is 81.7 Å². The molecule has 0 aromatic heterocycles. The Morgan fingerprint density at radius 3 is 2.50 bits per heavy atom. The average Bonchev–Trinajstić information content (AvgIpc) is 3.48. The molecule has 7 rings (SSSR count). The number of nitrogens with zero attached hydrogens (tertiary/aromatic N) is 2. The van der Waals surface area contributed by atoms with E-state index in [2.05, 4.69) is 46.7 Å². The number of methoxy groups -OCH3 is 1. The van der Waals surface area contributed by atoms with E-state index in [-0.39, 0.29) is 17.6 Å². The van der Waals surface area contributed by atoms with E-state index < -0.39 is 0 Å². The van der Waals surface area contributed by atoms with Gasteiger partial charge in [0.1, 0.15) is 11.9 Å². The smallest absolute Gasteiger partial charge is 0.222 e. The summed E-state index contributed by atoms with van der Waals surface area (Å²) in [6.45, 7) is 6.79. The fourth-order valence-electron chi connectivity index (χ4n) is 11.0. The van der Waals surface area contributed by atoms with Gasteiger partial charge in [0, 0.05) is 48.2 Å². The molecule has 2 aromatic carbocycles. The lowest BCUT2D eigenvalue weighted by Crippen LogP contribution is -2.69. The zero-order chi connectivity index (χ0) is 34.5. The Morgan fingerprint density at radius 2 is 1.76 bits per heavy atom. The second kappa shape index (κ2) is 16.1. The minimum atomic E-state index is -0.202. The van der Waals surface area contributed by atoms with Crippen LogP contribution in [-0.4, -0.2) is 65.7 Å². The molecule has 3 fully saturated rings. The number of phenols is 1. The fourth-order valence-corrected chi connectivity index (χ4v) is 11.0. The van der Waals surface area contributed by atoms with Crippen molar-refractivity contribution in [3.63, 3.8) is 0 Å². The Labute approximate surface area is 301 Å². The van der Waals surface area contributed by atoms with Crippen LogP contribution in [0, 0.1) is 11.8 Å². The van der Waals surface area contributed by atoms with E-state index in [9.17, 15) is 9.90 Å². The number of hydrogen-bond acceptors (Lipinski definition) is 5. The van der Waals surface area contributed by atoms with Crippen LogP contribution in [0.5, 0.6) is 17.2 Å². The summed E-state index contributed by atoms with van der Waals surface area (Å²) in [7, 11) is 1.68. The van der Waals surface area contributed by atoms with Crippen molar-refractivity contribution in [3.8, 4) is 17.2 Å².